The molecule has 0 aliphatic heterocycles. The van der Waals surface area contributed by atoms with Gasteiger partial charge in [-0.3, -0.25) is 9.36 Å². The van der Waals surface area contributed by atoms with Gasteiger partial charge in [0.1, 0.15) is 11.0 Å². The fourth-order valence-electron chi connectivity index (χ4n) is 5.34. The number of fused-ring (bicyclic) bond motifs is 1. The maximum absolute atomic E-state index is 13.2. The van der Waals surface area contributed by atoms with Crippen molar-refractivity contribution < 1.29 is 9.90 Å². The summed E-state index contributed by atoms with van der Waals surface area (Å²) >= 11 is 12.2. The first-order valence-corrected chi connectivity index (χ1v) is 11.1. The van der Waals surface area contributed by atoms with Crippen molar-refractivity contribution in [2.24, 2.45) is 12.5 Å². The van der Waals surface area contributed by atoms with Crippen molar-refractivity contribution in [3.05, 3.63) is 61.9 Å². The molecule has 3 aliphatic rings. The number of carbonyl (C=O) groups is 1. The van der Waals surface area contributed by atoms with Crippen LogP contribution in [0.25, 0.3) is 10.9 Å². The minimum Gasteiger partial charge on any atom is -0.476 e. The lowest BCUT2D eigenvalue weighted by molar-refractivity contribution is -0.101. The number of nitrogens with one attached hydrogen (secondary N) is 1. The number of rotatable bonds is 5. The van der Waals surface area contributed by atoms with E-state index in [2.05, 4.69) is 16.4 Å². The second kappa shape index (κ2) is 7.17. The van der Waals surface area contributed by atoms with Crippen LogP contribution in [0.4, 0.5) is 5.69 Å². The molecular weight excluding hydrogens is 465 g/mol. The largest absolute Gasteiger partial charge is 0.476 e. The molecule has 6 rings (SSSR count). The van der Waals surface area contributed by atoms with Gasteiger partial charge < -0.3 is 10.4 Å². The molecule has 168 valence electrons. The number of nitrogens with zero attached hydrogens (tertiary/aromatic N) is 4. The van der Waals surface area contributed by atoms with E-state index in [4.69, 9.17) is 28.2 Å². The molecule has 2 aromatic heterocycles. The van der Waals surface area contributed by atoms with Gasteiger partial charge in [-0.1, -0.05) is 23.2 Å². The molecule has 3 aromatic rings. The molecule has 0 unspecified atom stereocenters. The number of hydrogen-bond acceptors (Lipinski definition) is 6. The molecule has 0 radical (unpaired) electrons. The quantitative estimate of drug-likeness (QED) is 0.513. The van der Waals surface area contributed by atoms with E-state index in [1.54, 1.807) is 29.8 Å². The van der Waals surface area contributed by atoms with E-state index in [0.29, 0.717) is 46.6 Å². The standard InChI is InChI=1S/C23H19Cl2N5O3/c1-11(27-15-3-4-16(25)28-18(15)20(32)33)13-5-12(24)6-14-17(13)29-21(30(2)19(14)31)23-7-22(8-23,9-23)10-26/h3-6,11,27H,7-9H2,1-2H3,(H,32,33)/t11-,22?,23?/m1/s1. The van der Waals surface area contributed by atoms with Crippen molar-refractivity contribution in [2.45, 2.75) is 37.6 Å². The van der Waals surface area contributed by atoms with E-state index in [1.165, 1.54) is 6.07 Å². The highest BCUT2D eigenvalue weighted by atomic mass is 35.5. The number of hydrogen-bond donors (Lipinski definition) is 2. The second-order valence-electron chi connectivity index (χ2n) is 9.09. The number of aromatic carboxylic acids is 1. The molecule has 3 aliphatic carbocycles. The predicted molar refractivity (Wildman–Crippen MR) is 124 cm³/mol. The van der Waals surface area contributed by atoms with Crippen LogP contribution in [0, 0.1) is 16.7 Å². The van der Waals surface area contributed by atoms with Crippen molar-refractivity contribution in [1.82, 2.24) is 14.5 Å². The van der Waals surface area contributed by atoms with Gasteiger partial charge in [0.15, 0.2) is 5.69 Å². The average molecular weight is 484 g/mol. The van der Waals surface area contributed by atoms with E-state index in [-0.39, 0.29) is 32.9 Å². The van der Waals surface area contributed by atoms with Crippen LogP contribution in [0.1, 0.15) is 54.1 Å². The van der Waals surface area contributed by atoms with Crippen molar-refractivity contribution >= 4 is 45.8 Å². The number of carboxylic acid groups (broad SMARTS) is 1. The summed E-state index contributed by atoms with van der Waals surface area (Å²) in [5, 5.41) is 22.9. The van der Waals surface area contributed by atoms with Gasteiger partial charge in [0.2, 0.25) is 0 Å². The summed E-state index contributed by atoms with van der Waals surface area (Å²) in [7, 11) is 1.70. The number of anilines is 1. The predicted octanol–water partition coefficient (Wildman–Crippen LogP) is 4.45. The highest BCUT2D eigenvalue weighted by Crippen LogP contribution is 2.72. The third kappa shape index (κ3) is 3.18. The Kier molecular flexibility index (Phi) is 4.71. The number of carboxylic acids is 1. The van der Waals surface area contributed by atoms with E-state index in [1.807, 2.05) is 6.92 Å². The Morgan fingerprint density at radius 1 is 1.27 bits per heavy atom. The first-order chi connectivity index (χ1) is 15.6. The fraction of sp³-hybridized carbons (Fsp3) is 0.348. The summed E-state index contributed by atoms with van der Waals surface area (Å²) in [6, 6.07) is 8.30. The topological polar surface area (TPSA) is 121 Å². The first kappa shape index (κ1) is 21.7. The highest BCUT2D eigenvalue weighted by molar-refractivity contribution is 6.31. The average Bonchev–Trinajstić information content (AvgIpc) is 2.71. The molecule has 2 N–H and O–H groups in total. The highest BCUT2D eigenvalue weighted by Gasteiger charge is 2.70. The van der Waals surface area contributed by atoms with Gasteiger partial charge in [-0.2, -0.15) is 5.26 Å². The van der Waals surface area contributed by atoms with E-state index >= 15 is 0 Å². The Morgan fingerprint density at radius 2 is 1.97 bits per heavy atom. The lowest BCUT2D eigenvalue weighted by atomic mass is 9.35. The molecule has 2 heterocycles. The zero-order valence-electron chi connectivity index (χ0n) is 17.8. The Labute approximate surface area is 198 Å². The second-order valence-corrected chi connectivity index (χ2v) is 9.92. The molecule has 0 spiro atoms. The van der Waals surface area contributed by atoms with Gasteiger partial charge in [0.05, 0.1) is 34.1 Å². The molecule has 1 atom stereocenters. The van der Waals surface area contributed by atoms with Crippen molar-refractivity contribution in [3.63, 3.8) is 0 Å². The van der Waals surface area contributed by atoms with Crippen LogP contribution in [-0.4, -0.2) is 25.6 Å². The van der Waals surface area contributed by atoms with Gasteiger partial charge in [-0.25, -0.2) is 14.8 Å². The summed E-state index contributed by atoms with van der Waals surface area (Å²) in [6.45, 7) is 1.83. The monoisotopic (exact) mass is 483 g/mol. The van der Waals surface area contributed by atoms with Gasteiger partial charge in [-0.05, 0) is 50.5 Å². The summed E-state index contributed by atoms with van der Waals surface area (Å²) in [4.78, 5) is 33.7. The zero-order chi connectivity index (χ0) is 23.7. The van der Waals surface area contributed by atoms with E-state index in [9.17, 15) is 20.0 Å². The Hall–Kier alpha value is -3.15. The Bertz CT molecular complexity index is 1440. The van der Waals surface area contributed by atoms with Crippen molar-refractivity contribution in [2.75, 3.05) is 5.32 Å². The normalized spacial score (nSPS) is 23.8. The van der Waals surface area contributed by atoms with Crippen LogP contribution in [0.5, 0.6) is 0 Å². The molecule has 0 saturated heterocycles. The molecule has 3 fully saturated rings. The number of pyridine rings is 1. The molecule has 3 saturated carbocycles. The van der Waals surface area contributed by atoms with Crippen LogP contribution in [0.3, 0.4) is 0 Å². The van der Waals surface area contributed by atoms with Gasteiger partial charge in [0.25, 0.3) is 5.56 Å². The lowest BCUT2D eigenvalue weighted by Crippen LogP contribution is -2.65. The first-order valence-electron chi connectivity index (χ1n) is 10.4. The maximum Gasteiger partial charge on any atom is 0.356 e. The van der Waals surface area contributed by atoms with Crippen molar-refractivity contribution in [3.8, 4) is 6.07 Å². The fourth-order valence-corrected chi connectivity index (χ4v) is 5.71. The third-order valence-corrected chi connectivity index (χ3v) is 7.25. The van der Waals surface area contributed by atoms with Crippen LogP contribution >= 0.6 is 23.2 Å². The number of aromatic nitrogens is 3. The zero-order valence-corrected chi connectivity index (χ0v) is 19.3. The minimum atomic E-state index is -1.22. The van der Waals surface area contributed by atoms with Crippen LogP contribution < -0.4 is 10.9 Å². The number of benzene rings is 1. The van der Waals surface area contributed by atoms with Gasteiger partial charge in [0, 0.05) is 23.0 Å². The summed E-state index contributed by atoms with van der Waals surface area (Å²) in [5.41, 5.74) is 0.506. The van der Waals surface area contributed by atoms with E-state index in [0.717, 1.165) is 0 Å². The van der Waals surface area contributed by atoms with Crippen molar-refractivity contribution in [1.29, 1.82) is 5.26 Å². The Balaban J connectivity index is 1.61. The molecule has 1 aromatic carbocycles. The summed E-state index contributed by atoms with van der Waals surface area (Å²) < 4.78 is 1.56. The van der Waals surface area contributed by atoms with Crippen LogP contribution in [0.2, 0.25) is 10.2 Å². The number of nitriles is 1. The maximum atomic E-state index is 13.2. The third-order valence-electron chi connectivity index (χ3n) is 6.82. The number of halogens is 2. The van der Waals surface area contributed by atoms with Crippen LogP contribution in [0.15, 0.2) is 29.1 Å². The Morgan fingerprint density at radius 3 is 2.61 bits per heavy atom. The van der Waals surface area contributed by atoms with Crippen LogP contribution in [-0.2, 0) is 12.5 Å². The molecule has 10 heteroatoms. The molecule has 33 heavy (non-hydrogen) atoms. The minimum absolute atomic E-state index is 0.0716. The molecule has 8 nitrogen and oxygen atoms in total. The lowest BCUT2D eigenvalue weighted by Gasteiger charge is -2.66. The summed E-state index contributed by atoms with van der Waals surface area (Å²) in [5.74, 6) is -0.542. The smallest absolute Gasteiger partial charge is 0.356 e. The van der Waals surface area contributed by atoms with E-state index < -0.39 is 12.0 Å². The van der Waals surface area contributed by atoms with Gasteiger partial charge in [-0.15, -0.1) is 0 Å². The molecular formula is C23H19Cl2N5O3. The SMILES string of the molecule is C[C@@H](Nc1ccc(Cl)nc1C(=O)O)c1cc(Cl)cc2c(=O)n(C)c(C34CC(C#N)(C3)C4)nc12. The molecule has 0 amide bonds. The van der Waals surface area contributed by atoms with Gasteiger partial charge >= 0.3 is 5.97 Å². The molecule has 2 bridgehead atoms. The summed E-state index contributed by atoms with van der Waals surface area (Å²) in [6.07, 6.45) is 2.12.